The van der Waals surface area contributed by atoms with Crippen LogP contribution in [-0.4, -0.2) is 5.91 Å². The van der Waals surface area contributed by atoms with Gasteiger partial charge in [-0.25, -0.2) is 4.39 Å². The highest BCUT2D eigenvalue weighted by Crippen LogP contribution is 2.21. The van der Waals surface area contributed by atoms with Gasteiger partial charge in [0.25, 0.3) is 0 Å². The zero-order valence-electron chi connectivity index (χ0n) is 13.3. The van der Waals surface area contributed by atoms with E-state index >= 15 is 0 Å². The minimum Gasteiger partial charge on any atom is -0.465 e. The molecule has 126 valence electrons. The largest absolute Gasteiger partial charge is 0.465 e. The molecule has 0 unspecified atom stereocenters. The maximum atomic E-state index is 12.9. The van der Waals surface area contributed by atoms with Crippen molar-refractivity contribution in [2.24, 2.45) is 0 Å². The van der Waals surface area contributed by atoms with Crippen LogP contribution in [0.3, 0.4) is 0 Å². The first-order valence-corrected chi connectivity index (χ1v) is 7.71. The number of furan rings is 1. The average molecular weight is 337 g/mol. The van der Waals surface area contributed by atoms with E-state index < -0.39 is 0 Å². The third kappa shape index (κ3) is 5.07. The Kier molecular flexibility index (Phi) is 5.26. The first-order valence-electron chi connectivity index (χ1n) is 7.71. The first kappa shape index (κ1) is 16.5. The van der Waals surface area contributed by atoms with Crippen LogP contribution in [0.5, 0.6) is 11.5 Å². The Morgan fingerprint density at radius 2 is 1.72 bits per heavy atom. The minimum atomic E-state index is -0.306. The molecule has 3 rings (SSSR count). The molecule has 0 saturated heterocycles. The van der Waals surface area contributed by atoms with Gasteiger partial charge in [-0.3, -0.25) is 4.79 Å². The molecule has 25 heavy (non-hydrogen) atoms. The molecule has 1 heterocycles. The fourth-order valence-electron chi connectivity index (χ4n) is 2.11. The Bertz CT molecular complexity index is 838. The van der Waals surface area contributed by atoms with Crippen molar-refractivity contribution in [1.82, 2.24) is 5.32 Å². The highest BCUT2D eigenvalue weighted by molar-refractivity contribution is 5.91. The molecule has 0 fully saturated rings. The summed E-state index contributed by atoms with van der Waals surface area (Å²) < 4.78 is 23.6. The second-order valence-electron chi connectivity index (χ2n) is 5.27. The number of carbonyl (C=O) groups excluding carboxylic acids is 1. The van der Waals surface area contributed by atoms with Crippen LogP contribution in [0.1, 0.15) is 11.3 Å². The molecule has 2 aromatic carbocycles. The summed E-state index contributed by atoms with van der Waals surface area (Å²) in [4.78, 5) is 11.8. The van der Waals surface area contributed by atoms with Crippen LogP contribution in [0.15, 0.2) is 77.4 Å². The Balaban J connectivity index is 1.50. The van der Waals surface area contributed by atoms with Gasteiger partial charge in [0.15, 0.2) is 0 Å². The van der Waals surface area contributed by atoms with E-state index in [1.165, 1.54) is 18.2 Å². The van der Waals surface area contributed by atoms with E-state index in [1.54, 1.807) is 48.7 Å². The minimum absolute atomic E-state index is 0.206. The normalized spacial score (nSPS) is 10.8. The van der Waals surface area contributed by atoms with E-state index in [9.17, 15) is 9.18 Å². The monoisotopic (exact) mass is 337 g/mol. The third-order valence-corrected chi connectivity index (χ3v) is 3.38. The molecule has 3 aromatic rings. The summed E-state index contributed by atoms with van der Waals surface area (Å²) in [6, 6.07) is 16.6. The Morgan fingerprint density at radius 1 is 1.04 bits per heavy atom. The van der Waals surface area contributed by atoms with Gasteiger partial charge in [0.2, 0.25) is 5.91 Å². The molecule has 5 heteroatoms. The van der Waals surface area contributed by atoms with Crippen molar-refractivity contribution >= 4 is 12.0 Å². The number of hydrogen-bond donors (Lipinski definition) is 1. The number of benzene rings is 2. The molecule has 0 saturated carbocycles. The van der Waals surface area contributed by atoms with Gasteiger partial charge in [-0.1, -0.05) is 12.1 Å². The highest BCUT2D eigenvalue weighted by Gasteiger charge is 2.01. The van der Waals surface area contributed by atoms with E-state index in [4.69, 9.17) is 9.15 Å². The van der Waals surface area contributed by atoms with Crippen molar-refractivity contribution in [1.29, 1.82) is 0 Å². The molecule has 4 nitrogen and oxygen atoms in total. The standard InChI is InChI=1S/C20H16FNO3/c21-16-5-9-19(10-6-16)25-18-7-3-15(4-8-18)14-22-20(23)12-11-17-2-1-13-24-17/h1-13H,14H2,(H,22,23)/b12-11+. The van der Waals surface area contributed by atoms with Gasteiger partial charge >= 0.3 is 0 Å². The fraction of sp³-hybridized carbons (Fsp3) is 0.0500. The lowest BCUT2D eigenvalue weighted by molar-refractivity contribution is -0.116. The predicted octanol–water partition coefficient (Wildman–Crippen LogP) is 4.54. The van der Waals surface area contributed by atoms with Crippen molar-refractivity contribution in [3.8, 4) is 11.5 Å². The van der Waals surface area contributed by atoms with Crippen LogP contribution in [0.2, 0.25) is 0 Å². The van der Waals surface area contributed by atoms with Crippen molar-refractivity contribution in [2.45, 2.75) is 6.54 Å². The summed E-state index contributed by atoms with van der Waals surface area (Å²) in [5, 5.41) is 2.79. The number of hydrogen-bond acceptors (Lipinski definition) is 3. The molecule has 1 aromatic heterocycles. The number of amides is 1. The van der Waals surface area contributed by atoms with E-state index in [1.807, 2.05) is 12.1 Å². The van der Waals surface area contributed by atoms with E-state index in [2.05, 4.69) is 5.32 Å². The smallest absolute Gasteiger partial charge is 0.244 e. The molecule has 0 aliphatic rings. The molecular formula is C20H16FNO3. The number of rotatable bonds is 6. The fourth-order valence-corrected chi connectivity index (χ4v) is 2.11. The molecule has 1 N–H and O–H groups in total. The molecule has 0 atom stereocenters. The first-order chi connectivity index (χ1) is 12.2. The van der Waals surface area contributed by atoms with Crippen molar-refractivity contribution in [3.63, 3.8) is 0 Å². The summed E-state index contributed by atoms with van der Waals surface area (Å²) in [6.45, 7) is 0.401. The molecule has 0 aliphatic heterocycles. The highest BCUT2D eigenvalue weighted by atomic mass is 19.1. The predicted molar refractivity (Wildman–Crippen MR) is 92.5 cm³/mol. The summed E-state index contributed by atoms with van der Waals surface area (Å²) in [5.41, 5.74) is 0.936. The molecule has 0 bridgehead atoms. The molecule has 0 aliphatic carbocycles. The van der Waals surface area contributed by atoms with Crippen LogP contribution in [0.25, 0.3) is 6.08 Å². The quantitative estimate of drug-likeness (QED) is 0.672. The van der Waals surface area contributed by atoms with Gasteiger partial charge in [-0.2, -0.15) is 0 Å². The maximum absolute atomic E-state index is 12.9. The Labute approximate surface area is 144 Å². The van der Waals surface area contributed by atoms with Gasteiger partial charge in [0.1, 0.15) is 23.1 Å². The summed E-state index contributed by atoms with van der Waals surface area (Å²) >= 11 is 0. The zero-order chi connectivity index (χ0) is 17.5. The number of ether oxygens (including phenoxy) is 1. The van der Waals surface area contributed by atoms with Crippen molar-refractivity contribution < 1.29 is 18.3 Å². The second-order valence-corrected chi connectivity index (χ2v) is 5.27. The van der Waals surface area contributed by atoms with E-state index in [-0.39, 0.29) is 11.7 Å². The van der Waals surface area contributed by atoms with Crippen molar-refractivity contribution in [3.05, 3.63) is 90.1 Å². The third-order valence-electron chi connectivity index (χ3n) is 3.38. The van der Waals surface area contributed by atoms with Gasteiger partial charge in [-0.05, 0) is 60.2 Å². The Morgan fingerprint density at radius 3 is 2.36 bits per heavy atom. The van der Waals surface area contributed by atoms with Gasteiger partial charge in [0, 0.05) is 12.6 Å². The summed E-state index contributed by atoms with van der Waals surface area (Å²) in [5.74, 6) is 1.31. The molecular weight excluding hydrogens is 321 g/mol. The maximum Gasteiger partial charge on any atom is 0.244 e. The SMILES string of the molecule is O=C(/C=C/c1ccco1)NCc1ccc(Oc2ccc(F)cc2)cc1. The number of halogens is 1. The van der Waals surface area contributed by atoms with Crippen LogP contribution in [0, 0.1) is 5.82 Å². The lowest BCUT2D eigenvalue weighted by Gasteiger charge is -2.07. The van der Waals surface area contributed by atoms with E-state index in [0.29, 0.717) is 23.8 Å². The number of nitrogens with one attached hydrogen (secondary N) is 1. The van der Waals surface area contributed by atoms with E-state index in [0.717, 1.165) is 5.56 Å². The number of carbonyl (C=O) groups is 1. The van der Waals surface area contributed by atoms with Gasteiger partial charge in [-0.15, -0.1) is 0 Å². The molecule has 0 radical (unpaired) electrons. The average Bonchev–Trinajstić information content (AvgIpc) is 3.15. The van der Waals surface area contributed by atoms with Crippen LogP contribution < -0.4 is 10.1 Å². The summed E-state index contributed by atoms with van der Waals surface area (Å²) in [7, 11) is 0. The lowest BCUT2D eigenvalue weighted by atomic mass is 10.2. The van der Waals surface area contributed by atoms with Crippen molar-refractivity contribution in [2.75, 3.05) is 0 Å². The lowest BCUT2D eigenvalue weighted by Crippen LogP contribution is -2.20. The molecule has 1 amide bonds. The van der Waals surface area contributed by atoms with Crippen LogP contribution >= 0.6 is 0 Å². The topological polar surface area (TPSA) is 51.5 Å². The van der Waals surface area contributed by atoms with Gasteiger partial charge in [0.05, 0.1) is 6.26 Å². The van der Waals surface area contributed by atoms with Crippen LogP contribution in [0.4, 0.5) is 4.39 Å². The molecule has 0 spiro atoms. The zero-order valence-corrected chi connectivity index (χ0v) is 13.3. The second kappa shape index (κ2) is 7.97. The van der Waals surface area contributed by atoms with Gasteiger partial charge < -0.3 is 14.5 Å². The van der Waals surface area contributed by atoms with Crippen LogP contribution in [-0.2, 0) is 11.3 Å². The summed E-state index contributed by atoms with van der Waals surface area (Å²) in [6.07, 6.45) is 4.58. The Hall–Kier alpha value is -3.34.